The van der Waals surface area contributed by atoms with Crippen molar-refractivity contribution in [1.29, 1.82) is 0 Å². The maximum atomic E-state index is 12.7. The highest BCUT2D eigenvalue weighted by atomic mass is 32.1. The maximum absolute atomic E-state index is 12.7. The highest BCUT2D eigenvalue weighted by molar-refractivity contribution is 7.22. The molecule has 3 aromatic heterocycles. The van der Waals surface area contributed by atoms with Gasteiger partial charge in [-0.1, -0.05) is 41.7 Å². The Labute approximate surface area is 211 Å². The lowest BCUT2D eigenvalue weighted by molar-refractivity contribution is -0.114. The minimum absolute atomic E-state index is 0.143. The lowest BCUT2D eigenvalue weighted by atomic mass is 10.1. The van der Waals surface area contributed by atoms with Gasteiger partial charge in [-0.15, -0.1) is 0 Å². The molecule has 3 heterocycles. The van der Waals surface area contributed by atoms with E-state index in [0.717, 1.165) is 32.6 Å². The van der Waals surface area contributed by atoms with Crippen LogP contribution in [0, 0.1) is 0 Å². The molecule has 0 saturated heterocycles. The number of hydrogen-bond acceptors (Lipinski definition) is 6. The number of nitrogens with one attached hydrogen (secondary N) is 2. The summed E-state index contributed by atoms with van der Waals surface area (Å²) in [6.45, 7) is 2.07. The van der Waals surface area contributed by atoms with Crippen LogP contribution in [0.25, 0.3) is 27.6 Å². The van der Waals surface area contributed by atoms with Gasteiger partial charge < -0.3 is 5.32 Å². The van der Waals surface area contributed by atoms with E-state index in [-0.39, 0.29) is 11.8 Å². The van der Waals surface area contributed by atoms with Crippen molar-refractivity contribution in [2.75, 3.05) is 10.6 Å². The molecule has 0 aliphatic heterocycles. The van der Waals surface area contributed by atoms with Gasteiger partial charge in [0.25, 0.3) is 0 Å². The van der Waals surface area contributed by atoms with Crippen molar-refractivity contribution in [2.24, 2.45) is 0 Å². The minimum Gasteiger partial charge on any atom is -0.326 e. The average molecular weight is 495 g/mol. The van der Waals surface area contributed by atoms with Crippen LogP contribution in [0.4, 0.5) is 10.8 Å². The second kappa shape index (κ2) is 10.3. The predicted octanol–water partition coefficient (Wildman–Crippen LogP) is 5.21. The zero-order chi connectivity index (χ0) is 24.9. The molecule has 2 N–H and O–H groups in total. The smallest absolute Gasteiger partial charge is 0.250 e. The van der Waals surface area contributed by atoms with E-state index in [4.69, 9.17) is 5.10 Å². The number of carbonyl (C=O) groups is 2. The van der Waals surface area contributed by atoms with Gasteiger partial charge in [0.2, 0.25) is 11.8 Å². The normalized spacial score (nSPS) is 11.1. The fourth-order valence-electron chi connectivity index (χ4n) is 3.71. The number of amides is 2. The number of anilines is 2. The molecule has 0 atom stereocenters. The van der Waals surface area contributed by atoms with E-state index in [1.165, 1.54) is 24.3 Å². The Morgan fingerprint density at radius 1 is 1.06 bits per heavy atom. The molecule has 5 rings (SSSR count). The zero-order valence-corrected chi connectivity index (χ0v) is 20.2. The number of aromatic nitrogens is 4. The van der Waals surface area contributed by atoms with Gasteiger partial charge in [-0.3, -0.25) is 24.6 Å². The van der Waals surface area contributed by atoms with Crippen molar-refractivity contribution in [3.63, 3.8) is 0 Å². The van der Waals surface area contributed by atoms with Crippen molar-refractivity contribution in [2.45, 2.75) is 13.5 Å². The SMILES string of the molecule is CC(=O)Nc1ccc2nc(NC(=O)/C=C/c3cn(Cc4ccccc4)nc3-c3cccnc3)sc2c1. The number of hydrogen-bond donors (Lipinski definition) is 2. The van der Waals surface area contributed by atoms with Gasteiger partial charge in [-0.25, -0.2) is 4.98 Å². The number of rotatable bonds is 7. The standard InChI is InChI=1S/C27H22N6O2S/c1-18(34)29-22-10-11-23-24(14-22)36-27(30-23)31-25(35)12-9-21-17-33(16-19-6-3-2-4-7-19)32-26(21)20-8-5-13-28-15-20/h2-15,17H,16H2,1H3,(H,29,34)(H,30,31,35)/b12-9+. The monoisotopic (exact) mass is 494 g/mol. The van der Waals surface area contributed by atoms with Crippen LogP contribution in [0.5, 0.6) is 0 Å². The number of pyridine rings is 1. The van der Waals surface area contributed by atoms with Gasteiger partial charge >= 0.3 is 0 Å². The molecule has 0 aliphatic carbocycles. The Morgan fingerprint density at radius 2 is 1.92 bits per heavy atom. The molecule has 0 saturated carbocycles. The number of benzene rings is 2. The summed E-state index contributed by atoms with van der Waals surface area (Å²) in [5.41, 5.74) is 4.97. The van der Waals surface area contributed by atoms with Crippen LogP contribution in [-0.4, -0.2) is 31.6 Å². The fraction of sp³-hybridized carbons (Fsp3) is 0.0741. The van der Waals surface area contributed by atoms with Crippen LogP contribution in [0.1, 0.15) is 18.1 Å². The Bertz CT molecular complexity index is 1560. The van der Waals surface area contributed by atoms with Gasteiger partial charge in [0.1, 0.15) is 5.69 Å². The van der Waals surface area contributed by atoms with E-state index in [9.17, 15) is 9.59 Å². The molecule has 0 aliphatic rings. The van der Waals surface area contributed by atoms with E-state index in [2.05, 4.69) is 20.6 Å². The van der Waals surface area contributed by atoms with Crippen LogP contribution in [0.3, 0.4) is 0 Å². The topological polar surface area (TPSA) is 102 Å². The Kier molecular flexibility index (Phi) is 6.63. The first-order valence-corrected chi connectivity index (χ1v) is 12.0. The first-order chi connectivity index (χ1) is 17.5. The summed E-state index contributed by atoms with van der Waals surface area (Å²) in [5, 5.41) is 10.8. The first kappa shape index (κ1) is 23.1. The average Bonchev–Trinajstić information content (AvgIpc) is 3.46. The fourth-order valence-corrected chi connectivity index (χ4v) is 4.62. The lowest BCUT2D eigenvalue weighted by Crippen LogP contribution is -2.07. The molecule has 9 heteroatoms. The first-order valence-electron chi connectivity index (χ1n) is 11.2. The van der Waals surface area contributed by atoms with Crippen LogP contribution in [0.2, 0.25) is 0 Å². The van der Waals surface area contributed by atoms with E-state index < -0.39 is 0 Å². The molecule has 0 fully saturated rings. The van der Waals surface area contributed by atoms with Gasteiger partial charge in [0.15, 0.2) is 5.13 Å². The highest BCUT2D eigenvalue weighted by Gasteiger charge is 2.12. The van der Waals surface area contributed by atoms with Gasteiger partial charge in [0, 0.05) is 48.4 Å². The molecule has 0 spiro atoms. The molecule has 8 nitrogen and oxygen atoms in total. The summed E-state index contributed by atoms with van der Waals surface area (Å²) in [4.78, 5) is 32.7. The lowest BCUT2D eigenvalue weighted by Gasteiger charge is -2.01. The zero-order valence-electron chi connectivity index (χ0n) is 19.4. The van der Waals surface area contributed by atoms with Crippen molar-refractivity contribution in [3.05, 3.63) is 96.5 Å². The molecule has 36 heavy (non-hydrogen) atoms. The third kappa shape index (κ3) is 5.53. The Hall–Kier alpha value is -4.63. The number of carbonyl (C=O) groups excluding carboxylic acids is 2. The molecule has 0 radical (unpaired) electrons. The molecule has 0 bridgehead atoms. The van der Waals surface area contributed by atoms with Crippen LogP contribution in [0.15, 0.2) is 85.3 Å². The van der Waals surface area contributed by atoms with Crippen molar-refractivity contribution in [3.8, 4) is 11.3 Å². The maximum Gasteiger partial charge on any atom is 0.250 e. The van der Waals surface area contributed by atoms with Crippen LogP contribution < -0.4 is 10.6 Å². The second-order valence-corrected chi connectivity index (χ2v) is 9.09. The van der Waals surface area contributed by atoms with Gasteiger partial charge in [-0.05, 0) is 42.0 Å². The minimum atomic E-state index is -0.302. The van der Waals surface area contributed by atoms with E-state index in [1.807, 2.05) is 65.5 Å². The van der Waals surface area contributed by atoms with Crippen molar-refractivity contribution in [1.82, 2.24) is 19.7 Å². The molecular formula is C27H22N6O2S. The molecule has 2 aromatic carbocycles. The molecular weight excluding hydrogens is 472 g/mol. The van der Waals surface area contributed by atoms with E-state index in [0.29, 0.717) is 17.4 Å². The summed E-state index contributed by atoms with van der Waals surface area (Å²) >= 11 is 1.34. The molecule has 2 amide bonds. The van der Waals surface area contributed by atoms with E-state index in [1.54, 1.807) is 24.5 Å². The van der Waals surface area contributed by atoms with Crippen LogP contribution >= 0.6 is 11.3 Å². The largest absolute Gasteiger partial charge is 0.326 e. The molecule has 5 aromatic rings. The molecule has 178 valence electrons. The third-order valence-electron chi connectivity index (χ3n) is 5.27. The summed E-state index contributed by atoms with van der Waals surface area (Å²) in [6.07, 6.45) is 8.60. The van der Waals surface area contributed by atoms with Crippen LogP contribution in [-0.2, 0) is 16.1 Å². The number of nitrogens with zero attached hydrogens (tertiary/aromatic N) is 4. The third-order valence-corrected chi connectivity index (χ3v) is 6.20. The Balaban J connectivity index is 1.35. The van der Waals surface area contributed by atoms with E-state index >= 15 is 0 Å². The number of fused-ring (bicyclic) bond motifs is 1. The second-order valence-electron chi connectivity index (χ2n) is 8.06. The quantitative estimate of drug-likeness (QED) is 0.302. The number of thiazole rings is 1. The summed E-state index contributed by atoms with van der Waals surface area (Å²) < 4.78 is 2.72. The van der Waals surface area contributed by atoms with Gasteiger partial charge in [-0.2, -0.15) is 5.10 Å². The van der Waals surface area contributed by atoms with Gasteiger partial charge in [0.05, 0.1) is 16.8 Å². The summed E-state index contributed by atoms with van der Waals surface area (Å²) in [6, 6.07) is 19.3. The Morgan fingerprint density at radius 3 is 2.69 bits per heavy atom. The highest BCUT2D eigenvalue weighted by Crippen LogP contribution is 2.29. The van der Waals surface area contributed by atoms with Crippen molar-refractivity contribution < 1.29 is 9.59 Å². The summed E-state index contributed by atoms with van der Waals surface area (Å²) in [5.74, 6) is -0.445. The van der Waals surface area contributed by atoms with Crippen molar-refractivity contribution >= 4 is 50.3 Å². The predicted molar refractivity (Wildman–Crippen MR) is 143 cm³/mol. The summed E-state index contributed by atoms with van der Waals surface area (Å²) in [7, 11) is 0. The molecule has 0 unspecified atom stereocenters.